The Bertz CT molecular complexity index is 341. The van der Waals surface area contributed by atoms with Crippen molar-refractivity contribution in [3.05, 3.63) is 23.8 Å². The molecule has 0 heterocycles. The maximum Gasteiger partial charge on any atom is 0.142 e. The second kappa shape index (κ2) is 3.81. The van der Waals surface area contributed by atoms with E-state index in [1.54, 1.807) is 19.2 Å². The Labute approximate surface area is 77.7 Å². The second-order valence-corrected chi connectivity index (χ2v) is 2.85. The van der Waals surface area contributed by atoms with Crippen LogP contribution in [0.3, 0.4) is 0 Å². The highest BCUT2D eigenvalue weighted by Crippen LogP contribution is 2.25. The van der Waals surface area contributed by atoms with Crippen LogP contribution in [-0.2, 0) is 0 Å². The van der Waals surface area contributed by atoms with Crippen molar-refractivity contribution in [3.63, 3.8) is 0 Å². The number of methoxy groups -OCH3 is 1. The Morgan fingerprint density at radius 2 is 2.23 bits per heavy atom. The molecule has 0 spiro atoms. The molecule has 1 unspecified atom stereocenters. The van der Waals surface area contributed by atoms with Crippen molar-refractivity contribution in [3.8, 4) is 11.8 Å². The Morgan fingerprint density at radius 3 is 2.77 bits per heavy atom. The molecule has 1 aromatic rings. The Morgan fingerprint density at radius 1 is 1.54 bits per heavy atom. The van der Waals surface area contributed by atoms with Gasteiger partial charge in [0, 0.05) is 0 Å². The summed E-state index contributed by atoms with van der Waals surface area (Å²) >= 11 is 0. The monoisotopic (exact) mass is 176 g/mol. The Hall–Kier alpha value is -1.69. The smallest absolute Gasteiger partial charge is 0.142 e. The molecule has 0 aliphatic carbocycles. The van der Waals surface area contributed by atoms with Crippen LogP contribution in [0.1, 0.15) is 18.4 Å². The number of hydrogen-bond donors (Lipinski definition) is 1. The molecule has 3 nitrogen and oxygen atoms in total. The van der Waals surface area contributed by atoms with Crippen LogP contribution in [0.2, 0.25) is 0 Å². The van der Waals surface area contributed by atoms with Crippen molar-refractivity contribution in [1.82, 2.24) is 0 Å². The number of anilines is 1. The molecule has 3 heteroatoms. The quantitative estimate of drug-likeness (QED) is 0.700. The molecule has 1 aromatic carbocycles. The van der Waals surface area contributed by atoms with Gasteiger partial charge in [0.25, 0.3) is 0 Å². The number of benzene rings is 1. The topological polar surface area (TPSA) is 59.0 Å². The van der Waals surface area contributed by atoms with E-state index in [-0.39, 0.29) is 5.92 Å². The summed E-state index contributed by atoms with van der Waals surface area (Å²) in [6.45, 7) is 1.84. The number of rotatable bonds is 2. The van der Waals surface area contributed by atoms with Crippen LogP contribution in [0.4, 0.5) is 5.69 Å². The average Bonchev–Trinajstić information content (AvgIpc) is 2.17. The SMILES string of the molecule is COc1cc(C(C)C#N)ccc1N. The number of nitriles is 1. The fourth-order valence-corrected chi connectivity index (χ4v) is 1.07. The number of nitrogens with two attached hydrogens (primary N) is 1. The van der Waals surface area contributed by atoms with Crippen molar-refractivity contribution in [2.24, 2.45) is 0 Å². The van der Waals surface area contributed by atoms with Crippen LogP contribution in [0.25, 0.3) is 0 Å². The third kappa shape index (κ3) is 1.91. The highest BCUT2D eigenvalue weighted by molar-refractivity contribution is 5.54. The summed E-state index contributed by atoms with van der Waals surface area (Å²) in [6.07, 6.45) is 0. The number of hydrogen-bond acceptors (Lipinski definition) is 3. The maximum absolute atomic E-state index is 8.70. The van der Waals surface area contributed by atoms with E-state index in [0.717, 1.165) is 5.56 Å². The molecule has 1 atom stereocenters. The third-order valence-corrected chi connectivity index (χ3v) is 1.95. The van der Waals surface area contributed by atoms with E-state index in [1.807, 2.05) is 13.0 Å². The molecule has 0 saturated heterocycles. The molecule has 0 radical (unpaired) electrons. The van der Waals surface area contributed by atoms with E-state index >= 15 is 0 Å². The van der Waals surface area contributed by atoms with Crippen molar-refractivity contribution in [2.75, 3.05) is 12.8 Å². The zero-order valence-corrected chi connectivity index (χ0v) is 7.74. The zero-order chi connectivity index (χ0) is 9.84. The van der Waals surface area contributed by atoms with Crippen LogP contribution in [-0.4, -0.2) is 7.11 Å². The predicted octanol–water partition coefficient (Wildman–Crippen LogP) is 1.90. The normalized spacial score (nSPS) is 11.8. The van der Waals surface area contributed by atoms with E-state index < -0.39 is 0 Å². The van der Waals surface area contributed by atoms with E-state index in [1.165, 1.54) is 0 Å². The van der Waals surface area contributed by atoms with Gasteiger partial charge in [-0.05, 0) is 24.6 Å². The minimum absolute atomic E-state index is 0.130. The molecule has 13 heavy (non-hydrogen) atoms. The lowest BCUT2D eigenvalue weighted by molar-refractivity contribution is 0.416. The summed E-state index contributed by atoms with van der Waals surface area (Å²) in [6, 6.07) is 7.54. The minimum Gasteiger partial charge on any atom is -0.495 e. The van der Waals surface area contributed by atoms with Gasteiger partial charge in [0.1, 0.15) is 5.75 Å². The summed E-state index contributed by atoms with van der Waals surface area (Å²) in [7, 11) is 1.56. The van der Waals surface area contributed by atoms with Gasteiger partial charge in [-0.1, -0.05) is 6.07 Å². The largest absolute Gasteiger partial charge is 0.495 e. The van der Waals surface area contributed by atoms with Gasteiger partial charge in [-0.3, -0.25) is 0 Å². The van der Waals surface area contributed by atoms with Gasteiger partial charge in [0.2, 0.25) is 0 Å². The highest BCUT2D eigenvalue weighted by Gasteiger charge is 2.06. The first-order valence-corrected chi connectivity index (χ1v) is 4.02. The van der Waals surface area contributed by atoms with Crippen LogP contribution in [0, 0.1) is 11.3 Å². The maximum atomic E-state index is 8.70. The first-order chi connectivity index (χ1) is 6.19. The van der Waals surface area contributed by atoms with Crippen LogP contribution in [0.15, 0.2) is 18.2 Å². The number of nitrogens with zero attached hydrogens (tertiary/aromatic N) is 1. The van der Waals surface area contributed by atoms with E-state index in [0.29, 0.717) is 11.4 Å². The van der Waals surface area contributed by atoms with Crippen LogP contribution < -0.4 is 10.5 Å². The zero-order valence-electron chi connectivity index (χ0n) is 7.74. The Kier molecular flexibility index (Phi) is 2.76. The van der Waals surface area contributed by atoms with Gasteiger partial charge in [0.15, 0.2) is 0 Å². The van der Waals surface area contributed by atoms with Crippen molar-refractivity contribution in [2.45, 2.75) is 12.8 Å². The highest BCUT2D eigenvalue weighted by atomic mass is 16.5. The van der Waals surface area contributed by atoms with E-state index in [2.05, 4.69) is 6.07 Å². The van der Waals surface area contributed by atoms with Gasteiger partial charge in [-0.25, -0.2) is 0 Å². The predicted molar refractivity (Wildman–Crippen MR) is 51.4 cm³/mol. The lowest BCUT2D eigenvalue weighted by Gasteiger charge is -2.08. The molecular weight excluding hydrogens is 164 g/mol. The van der Waals surface area contributed by atoms with Gasteiger partial charge in [-0.2, -0.15) is 5.26 Å². The minimum atomic E-state index is -0.130. The molecule has 0 fully saturated rings. The molecular formula is C10H12N2O. The lowest BCUT2D eigenvalue weighted by atomic mass is 10.0. The number of nitrogen functional groups attached to an aromatic ring is 1. The fourth-order valence-electron chi connectivity index (χ4n) is 1.07. The first-order valence-electron chi connectivity index (χ1n) is 4.02. The second-order valence-electron chi connectivity index (χ2n) is 2.85. The Balaban J connectivity index is 3.08. The summed E-state index contributed by atoms with van der Waals surface area (Å²) in [4.78, 5) is 0. The first kappa shape index (κ1) is 9.40. The van der Waals surface area contributed by atoms with Crippen molar-refractivity contribution in [1.29, 1.82) is 5.26 Å². The molecule has 0 amide bonds. The summed E-state index contributed by atoms with van der Waals surface area (Å²) in [5.74, 6) is 0.495. The van der Waals surface area contributed by atoms with Crippen LogP contribution >= 0.6 is 0 Å². The lowest BCUT2D eigenvalue weighted by Crippen LogP contribution is -1.95. The fraction of sp³-hybridized carbons (Fsp3) is 0.300. The van der Waals surface area contributed by atoms with Gasteiger partial charge in [-0.15, -0.1) is 0 Å². The van der Waals surface area contributed by atoms with Gasteiger partial charge < -0.3 is 10.5 Å². The third-order valence-electron chi connectivity index (χ3n) is 1.95. The molecule has 68 valence electrons. The molecule has 1 rings (SSSR count). The van der Waals surface area contributed by atoms with Crippen LogP contribution in [0.5, 0.6) is 5.75 Å². The molecule has 0 aliphatic rings. The summed E-state index contributed by atoms with van der Waals surface area (Å²) in [5, 5.41) is 8.70. The average molecular weight is 176 g/mol. The van der Waals surface area contributed by atoms with Gasteiger partial charge in [0.05, 0.1) is 24.8 Å². The van der Waals surface area contributed by atoms with Crippen molar-refractivity contribution >= 4 is 5.69 Å². The molecule has 2 N–H and O–H groups in total. The van der Waals surface area contributed by atoms with Gasteiger partial charge >= 0.3 is 0 Å². The molecule has 0 aliphatic heterocycles. The summed E-state index contributed by atoms with van der Waals surface area (Å²) in [5.41, 5.74) is 7.15. The van der Waals surface area contributed by atoms with Crippen molar-refractivity contribution < 1.29 is 4.74 Å². The number of ether oxygens (including phenoxy) is 1. The molecule has 0 bridgehead atoms. The van der Waals surface area contributed by atoms with E-state index in [9.17, 15) is 0 Å². The summed E-state index contributed by atoms with van der Waals surface area (Å²) < 4.78 is 5.05. The molecule has 0 aromatic heterocycles. The van der Waals surface area contributed by atoms with E-state index in [4.69, 9.17) is 15.7 Å². The standard InChI is InChI=1S/C10H12N2O/c1-7(6-11)8-3-4-9(12)10(5-8)13-2/h3-5,7H,12H2,1-2H3. The molecule has 0 saturated carbocycles.